The Morgan fingerprint density at radius 2 is 2.07 bits per heavy atom. The summed E-state index contributed by atoms with van der Waals surface area (Å²) in [5, 5.41) is 0. The molecule has 0 saturated carbocycles. The van der Waals surface area contributed by atoms with E-state index in [1.807, 2.05) is 0 Å². The minimum Gasteiger partial charge on any atom is -0.303 e. The molecule has 2 aliphatic rings. The Balaban J connectivity index is 1.63. The number of halogens is 1. The molecule has 0 atom stereocenters. The first-order valence-corrected chi connectivity index (χ1v) is 6.99. The Bertz CT molecular complexity index is 267. The summed E-state index contributed by atoms with van der Waals surface area (Å²) in [6.07, 6.45) is 10.7. The zero-order valence-corrected chi connectivity index (χ0v) is 10.6. The maximum absolute atomic E-state index is 5.99. The van der Waals surface area contributed by atoms with Gasteiger partial charge in [-0.1, -0.05) is 35.5 Å². The predicted molar refractivity (Wildman–Crippen MR) is 69.1 cm³/mol. The van der Waals surface area contributed by atoms with Crippen molar-refractivity contribution in [3.8, 4) is 0 Å². The molecule has 0 radical (unpaired) electrons. The van der Waals surface area contributed by atoms with Crippen molar-refractivity contribution in [3.05, 3.63) is 21.4 Å². The first-order chi connectivity index (χ1) is 7.34. The molecular weight excluding hydrogens is 226 g/mol. The van der Waals surface area contributed by atoms with Crippen LogP contribution in [-0.4, -0.2) is 24.5 Å². The Hall–Kier alpha value is 0.0800. The van der Waals surface area contributed by atoms with Crippen LogP contribution in [0.3, 0.4) is 0 Å². The van der Waals surface area contributed by atoms with Gasteiger partial charge >= 0.3 is 0 Å². The molecule has 0 unspecified atom stereocenters. The number of hydrogen-bond acceptors (Lipinski definition) is 2. The number of rotatable bonds is 4. The highest BCUT2D eigenvalue weighted by atomic mass is 35.5. The van der Waals surface area contributed by atoms with E-state index in [1.165, 1.54) is 50.2 Å². The van der Waals surface area contributed by atoms with Crippen LogP contribution in [0.25, 0.3) is 0 Å². The lowest BCUT2D eigenvalue weighted by Gasteiger charge is -2.15. The van der Waals surface area contributed by atoms with Gasteiger partial charge in [-0.05, 0) is 56.6 Å². The summed E-state index contributed by atoms with van der Waals surface area (Å²) in [7, 11) is 0. The first kappa shape index (κ1) is 11.6. The Kier molecular flexibility index (Phi) is 4.61. The van der Waals surface area contributed by atoms with E-state index in [2.05, 4.69) is 17.1 Å². The zero-order chi connectivity index (χ0) is 10.5. The highest BCUT2D eigenvalue weighted by Crippen LogP contribution is 2.35. The van der Waals surface area contributed by atoms with E-state index in [0.29, 0.717) is 0 Å². The number of thioether (sulfide) groups is 1. The van der Waals surface area contributed by atoms with Gasteiger partial charge in [0.05, 0.1) is 4.36 Å². The molecule has 0 bridgehead atoms. The Morgan fingerprint density at radius 3 is 2.80 bits per heavy atom. The molecule has 2 heterocycles. The molecular formula is C12H18ClNS. The molecule has 2 rings (SSSR count). The van der Waals surface area contributed by atoms with Crippen LogP contribution in [0, 0.1) is 0 Å². The van der Waals surface area contributed by atoms with Gasteiger partial charge in [0.1, 0.15) is 0 Å². The Morgan fingerprint density at radius 1 is 1.27 bits per heavy atom. The van der Waals surface area contributed by atoms with E-state index in [0.717, 1.165) is 10.8 Å². The quantitative estimate of drug-likeness (QED) is 0.735. The van der Waals surface area contributed by atoms with Gasteiger partial charge in [-0.3, -0.25) is 0 Å². The van der Waals surface area contributed by atoms with Gasteiger partial charge in [-0.25, -0.2) is 0 Å². The van der Waals surface area contributed by atoms with Gasteiger partial charge in [0.25, 0.3) is 0 Å². The van der Waals surface area contributed by atoms with Crippen molar-refractivity contribution in [1.82, 2.24) is 4.90 Å². The first-order valence-electron chi connectivity index (χ1n) is 5.79. The Labute approximate surface area is 102 Å². The van der Waals surface area contributed by atoms with Crippen LogP contribution in [-0.2, 0) is 0 Å². The van der Waals surface area contributed by atoms with E-state index in [-0.39, 0.29) is 0 Å². The van der Waals surface area contributed by atoms with E-state index in [4.69, 9.17) is 11.6 Å². The fraction of sp³-hybridized carbons (Fsp3) is 0.667. The molecule has 84 valence electrons. The largest absolute Gasteiger partial charge is 0.303 e. The SMILES string of the molecule is ClC1=CCC=C(CCCN2CCCC2)S1. The highest BCUT2D eigenvalue weighted by molar-refractivity contribution is 8.08. The molecule has 15 heavy (non-hydrogen) atoms. The molecule has 2 aliphatic heterocycles. The average Bonchev–Trinajstić information content (AvgIpc) is 2.71. The standard InChI is InChI=1S/C12H18ClNS/c13-12-7-3-5-11(15-12)6-4-10-14-8-1-2-9-14/h5,7H,1-4,6,8-10H2. The normalized spacial score (nSPS) is 22.7. The predicted octanol–water partition coefficient (Wildman–Crippen LogP) is 3.96. The fourth-order valence-electron chi connectivity index (χ4n) is 2.13. The van der Waals surface area contributed by atoms with E-state index < -0.39 is 0 Å². The van der Waals surface area contributed by atoms with Gasteiger partial charge < -0.3 is 4.90 Å². The van der Waals surface area contributed by atoms with Gasteiger partial charge in [0.2, 0.25) is 0 Å². The molecule has 0 amide bonds. The number of likely N-dealkylation sites (tertiary alicyclic amines) is 1. The minimum absolute atomic E-state index is 0.952. The van der Waals surface area contributed by atoms with Crippen LogP contribution in [0.1, 0.15) is 32.1 Å². The lowest BCUT2D eigenvalue weighted by atomic mass is 10.2. The molecule has 0 aromatic heterocycles. The summed E-state index contributed by atoms with van der Waals surface area (Å²) in [5.74, 6) is 0. The van der Waals surface area contributed by atoms with E-state index in [1.54, 1.807) is 11.8 Å². The van der Waals surface area contributed by atoms with Crippen LogP contribution in [0.5, 0.6) is 0 Å². The molecule has 1 fully saturated rings. The minimum atomic E-state index is 0.952. The topological polar surface area (TPSA) is 3.24 Å². The second kappa shape index (κ2) is 5.97. The van der Waals surface area contributed by atoms with Gasteiger partial charge in [-0.2, -0.15) is 0 Å². The molecule has 0 aromatic carbocycles. The number of hydrogen-bond donors (Lipinski definition) is 0. The summed E-state index contributed by atoms with van der Waals surface area (Å²) in [6, 6.07) is 0. The van der Waals surface area contributed by atoms with Crippen LogP contribution in [0.4, 0.5) is 0 Å². The van der Waals surface area contributed by atoms with Crippen LogP contribution >= 0.6 is 23.4 Å². The van der Waals surface area contributed by atoms with Crippen molar-refractivity contribution in [2.45, 2.75) is 32.1 Å². The average molecular weight is 244 g/mol. The second-order valence-corrected chi connectivity index (χ2v) is 5.97. The summed E-state index contributed by atoms with van der Waals surface area (Å²) in [4.78, 5) is 4.03. The van der Waals surface area contributed by atoms with Crippen LogP contribution in [0.2, 0.25) is 0 Å². The zero-order valence-electron chi connectivity index (χ0n) is 9.04. The number of allylic oxidation sites excluding steroid dienone is 3. The third-order valence-corrected chi connectivity index (χ3v) is 4.33. The van der Waals surface area contributed by atoms with Gasteiger partial charge in [0.15, 0.2) is 0 Å². The number of nitrogens with zero attached hydrogens (tertiary/aromatic N) is 1. The fourth-order valence-corrected chi connectivity index (χ4v) is 3.37. The highest BCUT2D eigenvalue weighted by Gasteiger charge is 2.11. The lowest BCUT2D eigenvalue weighted by molar-refractivity contribution is 0.334. The van der Waals surface area contributed by atoms with Gasteiger partial charge in [-0.15, -0.1) is 0 Å². The monoisotopic (exact) mass is 243 g/mol. The lowest BCUT2D eigenvalue weighted by Crippen LogP contribution is -2.20. The van der Waals surface area contributed by atoms with Crippen molar-refractivity contribution < 1.29 is 0 Å². The maximum Gasteiger partial charge on any atom is 0.0742 e. The maximum atomic E-state index is 5.99. The van der Waals surface area contributed by atoms with Crippen molar-refractivity contribution in [2.24, 2.45) is 0 Å². The molecule has 1 nitrogen and oxygen atoms in total. The molecule has 0 spiro atoms. The molecule has 0 N–H and O–H groups in total. The van der Waals surface area contributed by atoms with Crippen molar-refractivity contribution >= 4 is 23.4 Å². The third-order valence-electron chi connectivity index (χ3n) is 2.95. The summed E-state index contributed by atoms with van der Waals surface area (Å²) >= 11 is 7.73. The molecule has 0 aromatic rings. The van der Waals surface area contributed by atoms with Crippen LogP contribution < -0.4 is 0 Å². The van der Waals surface area contributed by atoms with E-state index in [9.17, 15) is 0 Å². The third kappa shape index (κ3) is 3.86. The molecule has 3 heteroatoms. The molecule has 1 saturated heterocycles. The van der Waals surface area contributed by atoms with E-state index >= 15 is 0 Å². The van der Waals surface area contributed by atoms with Crippen molar-refractivity contribution in [2.75, 3.05) is 19.6 Å². The van der Waals surface area contributed by atoms with Crippen molar-refractivity contribution in [3.63, 3.8) is 0 Å². The van der Waals surface area contributed by atoms with Gasteiger partial charge in [0, 0.05) is 0 Å². The smallest absolute Gasteiger partial charge is 0.0742 e. The molecule has 0 aliphatic carbocycles. The van der Waals surface area contributed by atoms with Crippen LogP contribution in [0.15, 0.2) is 21.4 Å². The summed E-state index contributed by atoms with van der Waals surface area (Å²) in [6.45, 7) is 3.89. The van der Waals surface area contributed by atoms with Crippen molar-refractivity contribution in [1.29, 1.82) is 0 Å². The summed E-state index contributed by atoms with van der Waals surface area (Å²) < 4.78 is 0.952. The summed E-state index contributed by atoms with van der Waals surface area (Å²) in [5.41, 5.74) is 0. The second-order valence-electron chi connectivity index (χ2n) is 4.17.